The van der Waals surface area contributed by atoms with Crippen LogP contribution >= 0.6 is 15.9 Å². The van der Waals surface area contributed by atoms with Crippen LogP contribution in [0.2, 0.25) is 0 Å². The van der Waals surface area contributed by atoms with E-state index in [9.17, 15) is 4.79 Å². The molecule has 124 valence electrons. The van der Waals surface area contributed by atoms with Crippen LogP contribution in [-0.4, -0.2) is 37.6 Å². The van der Waals surface area contributed by atoms with E-state index in [1.165, 1.54) is 0 Å². The topological polar surface area (TPSA) is 76.8 Å². The molecule has 2 aromatic heterocycles. The number of rotatable bonds is 5. The van der Waals surface area contributed by atoms with Gasteiger partial charge in [0.15, 0.2) is 0 Å². The quantitative estimate of drug-likeness (QED) is 0.821. The van der Waals surface area contributed by atoms with Crippen molar-refractivity contribution in [1.82, 2.24) is 30.2 Å². The molecule has 1 saturated heterocycles. The SMILES string of the molecule is C[C@@H](Cn1cc(Br)cn1)N[C@@H]1CCC(=O)N[C@H]1c1cnn(C)c1. The van der Waals surface area contributed by atoms with Crippen LogP contribution in [0.3, 0.4) is 0 Å². The molecule has 0 aromatic carbocycles. The Balaban J connectivity index is 1.67. The van der Waals surface area contributed by atoms with Crippen molar-refractivity contribution in [3.63, 3.8) is 0 Å². The number of nitrogens with zero attached hydrogens (tertiary/aromatic N) is 4. The molecule has 0 spiro atoms. The third-order valence-electron chi connectivity index (χ3n) is 4.05. The molecule has 1 amide bonds. The Morgan fingerprint density at radius 1 is 1.43 bits per heavy atom. The molecule has 3 heterocycles. The van der Waals surface area contributed by atoms with Crippen LogP contribution in [0.5, 0.6) is 0 Å². The van der Waals surface area contributed by atoms with Gasteiger partial charge in [0.2, 0.25) is 5.91 Å². The summed E-state index contributed by atoms with van der Waals surface area (Å²) in [6, 6.07) is 0.378. The Morgan fingerprint density at radius 2 is 2.26 bits per heavy atom. The Morgan fingerprint density at radius 3 is 2.91 bits per heavy atom. The zero-order chi connectivity index (χ0) is 16.4. The number of amides is 1. The number of hydrogen-bond acceptors (Lipinski definition) is 4. The van der Waals surface area contributed by atoms with E-state index in [-0.39, 0.29) is 24.0 Å². The van der Waals surface area contributed by atoms with Gasteiger partial charge in [-0.25, -0.2) is 0 Å². The second kappa shape index (κ2) is 6.84. The lowest BCUT2D eigenvalue weighted by Gasteiger charge is -2.34. The highest BCUT2D eigenvalue weighted by atomic mass is 79.9. The summed E-state index contributed by atoms with van der Waals surface area (Å²) in [4.78, 5) is 11.8. The Bertz CT molecular complexity index is 681. The number of aryl methyl sites for hydroxylation is 1. The molecule has 0 bridgehead atoms. The van der Waals surface area contributed by atoms with Crippen LogP contribution in [0.4, 0.5) is 0 Å². The van der Waals surface area contributed by atoms with E-state index in [1.807, 2.05) is 30.3 Å². The molecule has 1 aliphatic rings. The second-order valence-corrected chi connectivity index (χ2v) is 7.00. The maximum atomic E-state index is 11.8. The molecule has 8 heteroatoms. The average Bonchev–Trinajstić information content (AvgIpc) is 3.09. The fourth-order valence-corrected chi connectivity index (χ4v) is 3.36. The minimum Gasteiger partial charge on any atom is -0.348 e. The summed E-state index contributed by atoms with van der Waals surface area (Å²) in [5, 5.41) is 15.2. The molecule has 2 aromatic rings. The van der Waals surface area contributed by atoms with Crippen molar-refractivity contribution in [2.75, 3.05) is 0 Å². The van der Waals surface area contributed by atoms with E-state index >= 15 is 0 Å². The summed E-state index contributed by atoms with van der Waals surface area (Å²) in [5.74, 6) is 0.0977. The van der Waals surface area contributed by atoms with Gasteiger partial charge < -0.3 is 10.6 Å². The van der Waals surface area contributed by atoms with E-state index in [2.05, 4.69) is 43.7 Å². The van der Waals surface area contributed by atoms with Crippen LogP contribution in [0.15, 0.2) is 29.3 Å². The van der Waals surface area contributed by atoms with Crippen LogP contribution in [-0.2, 0) is 18.4 Å². The molecule has 1 fully saturated rings. The van der Waals surface area contributed by atoms with Crippen LogP contribution in [0.1, 0.15) is 31.4 Å². The van der Waals surface area contributed by atoms with Gasteiger partial charge >= 0.3 is 0 Å². The summed E-state index contributed by atoms with van der Waals surface area (Å²) in [6.45, 7) is 2.90. The van der Waals surface area contributed by atoms with Crippen molar-refractivity contribution < 1.29 is 4.79 Å². The lowest BCUT2D eigenvalue weighted by Crippen LogP contribution is -2.51. The third-order valence-corrected chi connectivity index (χ3v) is 4.46. The number of nitrogens with one attached hydrogen (secondary N) is 2. The molecule has 23 heavy (non-hydrogen) atoms. The summed E-state index contributed by atoms with van der Waals surface area (Å²) < 4.78 is 4.64. The smallest absolute Gasteiger partial charge is 0.220 e. The van der Waals surface area contributed by atoms with E-state index in [4.69, 9.17) is 0 Å². The maximum Gasteiger partial charge on any atom is 0.220 e. The monoisotopic (exact) mass is 380 g/mol. The van der Waals surface area contributed by atoms with Gasteiger partial charge in [-0.05, 0) is 29.3 Å². The van der Waals surface area contributed by atoms with Gasteiger partial charge in [-0.3, -0.25) is 14.2 Å². The first-order valence-corrected chi connectivity index (χ1v) is 8.52. The molecule has 0 unspecified atom stereocenters. The van der Waals surface area contributed by atoms with Crippen molar-refractivity contribution in [2.24, 2.45) is 7.05 Å². The first-order chi connectivity index (χ1) is 11.0. The van der Waals surface area contributed by atoms with E-state index < -0.39 is 0 Å². The normalized spacial score (nSPS) is 22.8. The van der Waals surface area contributed by atoms with Crippen LogP contribution in [0, 0.1) is 0 Å². The van der Waals surface area contributed by atoms with Crippen molar-refractivity contribution >= 4 is 21.8 Å². The number of piperidine rings is 1. The number of aromatic nitrogens is 4. The number of halogens is 1. The predicted molar refractivity (Wildman–Crippen MR) is 89.6 cm³/mol. The molecule has 3 rings (SSSR count). The van der Waals surface area contributed by atoms with Crippen LogP contribution in [0.25, 0.3) is 0 Å². The van der Waals surface area contributed by atoms with Gasteiger partial charge in [-0.15, -0.1) is 0 Å². The first kappa shape index (κ1) is 16.2. The molecule has 0 aliphatic carbocycles. The Hall–Kier alpha value is -1.67. The van der Waals surface area contributed by atoms with Gasteiger partial charge in [0.05, 0.1) is 29.5 Å². The van der Waals surface area contributed by atoms with Gasteiger partial charge in [-0.1, -0.05) is 0 Å². The van der Waals surface area contributed by atoms with Gasteiger partial charge in [-0.2, -0.15) is 10.2 Å². The highest BCUT2D eigenvalue weighted by Crippen LogP contribution is 2.24. The summed E-state index contributed by atoms with van der Waals surface area (Å²) >= 11 is 3.41. The standard InChI is InChI=1S/C15H21BrN6O/c1-10(7-22-9-12(16)6-18-22)19-13-3-4-14(23)20-15(13)11-5-17-21(2)8-11/h5-6,8-10,13,15,19H,3-4,7H2,1-2H3,(H,20,23)/t10-,13+,15-/m0/s1. The highest BCUT2D eigenvalue weighted by molar-refractivity contribution is 9.10. The number of hydrogen-bond donors (Lipinski definition) is 2. The molecule has 7 nitrogen and oxygen atoms in total. The van der Waals surface area contributed by atoms with Crippen molar-refractivity contribution in [3.05, 3.63) is 34.8 Å². The summed E-state index contributed by atoms with van der Waals surface area (Å²) in [6.07, 6.45) is 8.89. The lowest BCUT2D eigenvalue weighted by molar-refractivity contribution is -0.124. The van der Waals surface area contributed by atoms with Gasteiger partial charge in [0.1, 0.15) is 0 Å². The minimum absolute atomic E-state index is 0.0447. The van der Waals surface area contributed by atoms with E-state index in [0.717, 1.165) is 23.0 Å². The maximum absolute atomic E-state index is 11.8. The molecular weight excluding hydrogens is 360 g/mol. The molecule has 3 atom stereocenters. The first-order valence-electron chi connectivity index (χ1n) is 7.73. The average molecular weight is 381 g/mol. The predicted octanol–water partition coefficient (Wildman–Crippen LogP) is 1.38. The van der Waals surface area contributed by atoms with Crippen molar-refractivity contribution in [3.8, 4) is 0 Å². The molecule has 1 aliphatic heterocycles. The second-order valence-electron chi connectivity index (χ2n) is 6.09. The largest absolute Gasteiger partial charge is 0.348 e. The number of carbonyl (C=O) groups excluding carboxylic acids is 1. The lowest BCUT2D eigenvalue weighted by atomic mass is 9.93. The molecule has 0 saturated carbocycles. The minimum atomic E-state index is -0.0447. The van der Waals surface area contributed by atoms with Crippen molar-refractivity contribution in [2.45, 2.75) is 44.4 Å². The van der Waals surface area contributed by atoms with Gasteiger partial charge in [0, 0.05) is 43.5 Å². The molecule has 0 radical (unpaired) electrons. The molecular formula is C15H21BrN6O. The number of carbonyl (C=O) groups is 1. The van der Waals surface area contributed by atoms with E-state index in [1.54, 1.807) is 10.9 Å². The zero-order valence-electron chi connectivity index (χ0n) is 13.2. The summed E-state index contributed by atoms with van der Waals surface area (Å²) in [7, 11) is 1.88. The fourth-order valence-electron chi connectivity index (χ4n) is 3.03. The highest BCUT2D eigenvalue weighted by Gasteiger charge is 2.31. The molecule has 2 N–H and O–H groups in total. The third kappa shape index (κ3) is 4.00. The van der Waals surface area contributed by atoms with E-state index in [0.29, 0.717) is 6.42 Å². The Kier molecular flexibility index (Phi) is 4.82. The zero-order valence-corrected chi connectivity index (χ0v) is 14.8. The van der Waals surface area contributed by atoms with Crippen molar-refractivity contribution in [1.29, 1.82) is 0 Å². The van der Waals surface area contributed by atoms with Gasteiger partial charge in [0.25, 0.3) is 0 Å². The van der Waals surface area contributed by atoms with Crippen LogP contribution < -0.4 is 10.6 Å². The fraction of sp³-hybridized carbons (Fsp3) is 0.533. The summed E-state index contributed by atoms with van der Waals surface area (Å²) in [5.41, 5.74) is 1.03. The Labute approximate surface area is 143 Å².